The van der Waals surface area contributed by atoms with Crippen molar-refractivity contribution in [2.24, 2.45) is 0 Å². The Bertz CT molecular complexity index is 593. The molecule has 0 aliphatic rings. The third-order valence-electron chi connectivity index (χ3n) is 2.41. The van der Waals surface area contributed by atoms with Crippen molar-refractivity contribution in [2.45, 2.75) is 13.3 Å². The van der Waals surface area contributed by atoms with Crippen LogP contribution in [-0.4, -0.2) is 11.1 Å². The smallest absolute Gasteiger partial charge is 0.277 e. The molecule has 0 saturated carbocycles. The summed E-state index contributed by atoms with van der Waals surface area (Å²) in [5, 5.41) is 15.0. The lowest BCUT2D eigenvalue weighted by Gasteiger charge is -2.01. The molecule has 1 amide bonds. The summed E-state index contributed by atoms with van der Waals surface area (Å²) in [7, 11) is 0. The van der Waals surface area contributed by atoms with Crippen molar-refractivity contribution in [2.75, 3.05) is 5.32 Å². The van der Waals surface area contributed by atoms with Gasteiger partial charge in [-0.05, 0) is 24.3 Å². The number of anilines is 1. The van der Waals surface area contributed by atoms with E-state index >= 15 is 0 Å². The van der Waals surface area contributed by atoms with E-state index in [1.165, 1.54) is 0 Å². The zero-order chi connectivity index (χ0) is 13.0. The zero-order valence-electron chi connectivity index (χ0n) is 9.80. The fraction of sp³-hybridized carbons (Fsp3) is 0.154. The van der Waals surface area contributed by atoms with E-state index < -0.39 is 0 Å². The van der Waals surface area contributed by atoms with E-state index in [0.29, 0.717) is 23.4 Å². The largest absolute Gasteiger partial charge is 0.361 e. The van der Waals surface area contributed by atoms with E-state index in [9.17, 15) is 4.79 Å². The van der Waals surface area contributed by atoms with Crippen LogP contribution >= 0.6 is 0 Å². The number of hydrogen-bond acceptors (Lipinski definition) is 4. The van der Waals surface area contributed by atoms with Crippen LogP contribution in [0.1, 0.15) is 28.7 Å². The van der Waals surface area contributed by atoms with Gasteiger partial charge in [0.05, 0.1) is 11.6 Å². The minimum absolute atomic E-state index is 0.246. The molecule has 0 fully saturated rings. The number of carbonyl (C=O) groups excluding carboxylic acids is 1. The second kappa shape index (κ2) is 5.15. The minimum atomic E-state index is -0.330. The van der Waals surface area contributed by atoms with Crippen LogP contribution in [0.15, 0.2) is 34.9 Å². The molecule has 1 heterocycles. The molecule has 0 saturated heterocycles. The SMILES string of the molecule is CCc1cc(C(=O)Nc2ccc(C#N)cc2)no1. The Morgan fingerprint density at radius 2 is 2.17 bits per heavy atom. The van der Waals surface area contributed by atoms with Gasteiger partial charge in [-0.3, -0.25) is 4.79 Å². The van der Waals surface area contributed by atoms with Gasteiger partial charge in [0.15, 0.2) is 5.69 Å². The highest BCUT2D eigenvalue weighted by Gasteiger charge is 2.11. The third-order valence-corrected chi connectivity index (χ3v) is 2.41. The van der Waals surface area contributed by atoms with E-state index in [1.807, 2.05) is 13.0 Å². The fourth-order valence-electron chi connectivity index (χ4n) is 1.41. The Labute approximate surface area is 104 Å². The number of benzene rings is 1. The lowest BCUT2D eigenvalue weighted by atomic mass is 10.2. The Balaban J connectivity index is 2.08. The van der Waals surface area contributed by atoms with Crippen molar-refractivity contribution in [1.29, 1.82) is 5.26 Å². The van der Waals surface area contributed by atoms with Crippen LogP contribution in [0.4, 0.5) is 5.69 Å². The first-order valence-corrected chi connectivity index (χ1v) is 5.50. The highest BCUT2D eigenvalue weighted by atomic mass is 16.5. The normalized spacial score (nSPS) is 9.78. The van der Waals surface area contributed by atoms with Gasteiger partial charge in [0.2, 0.25) is 0 Å². The molecule has 2 aromatic rings. The van der Waals surface area contributed by atoms with Gasteiger partial charge in [-0.15, -0.1) is 0 Å². The average Bonchev–Trinajstić information content (AvgIpc) is 2.88. The number of aryl methyl sites for hydroxylation is 1. The third kappa shape index (κ3) is 2.55. The second-order valence-corrected chi connectivity index (χ2v) is 3.68. The van der Waals surface area contributed by atoms with Gasteiger partial charge in [0, 0.05) is 18.2 Å². The predicted octanol–water partition coefficient (Wildman–Crippen LogP) is 2.36. The van der Waals surface area contributed by atoms with E-state index in [1.54, 1.807) is 30.3 Å². The molecule has 18 heavy (non-hydrogen) atoms. The maximum Gasteiger partial charge on any atom is 0.277 e. The van der Waals surface area contributed by atoms with E-state index in [-0.39, 0.29) is 11.6 Å². The first kappa shape index (κ1) is 11.9. The van der Waals surface area contributed by atoms with Gasteiger partial charge in [-0.25, -0.2) is 0 Å². The summed E-state index contributed by atoms with van der Waals surface area (Å²) in [5.74, 6) is 0.336. The van der Waals surface area contributed by atoms with Gasteiger partial charge in [-0.2, -0.15) is 5.26 Å². The van der Waals surface area contributed by atoms with Crippen LogP contribution in [0, 0.1) is 11.3 Å². The number of nitriles is 1. The van der Waals surface area contributed by atoms with E-state index in [0.717, 1.165) is 0 Å². The molecule has 90 valence electrons. The molecule has 2 rings (SSSR count). The van der Waals surface area contributed by atoms with Crippen molar-refractivity contribution < 1.29 is 9.32 Å². The predicted molar refractivity (Wildman–Crippen MR) is 65.0 cm³/mol. The molecular weight excluding hydrogens is 230 g/mol. The molecular formula is C13H11N3O2. The molecule has 0 bridgehead atoms. The molecule has 1 N–H and O–H groups in total. The van der Waals surface area contributed by atoms with E-state index in [2.05, 4.69) is 10.5 Å². The lowest BCUT2D eigenvalue weighted by molar-refractivity contribution is 0.101. The number of nitrogens with zero attached hydrogens (tertiary/aromatic N) is 2. The van der Waals surface area contributed by atoms with Gasteiger partial charge in [0.25, 0.3) is 5.91 Å². The summed E-state index contributed by atoms with van der Waals surface area (Å²) in [4.78, 5) is 11.8. The van der Waals surface area contributed by atoms with Crippen LogP contribution < -0.4 is 5.32 Å². The summed E-state index contributed by atoms with van der Waals surface area (Å²) in [6.45, 7) is 1.92. The second-order valence-electron chi connectivity index (χ2n) is 3.68. The lowest BCUT2D eigenvalue weighted by Crippen LogP contribution is -2.12. The maximum absolute atomic E-state index is 11.8. The molecule has 0 atom stereocenters. The molecule has 0 aliphatic heterocycles. The van der Waals surface area contributed by atoms with Gasteiger partial charge >= 0.3 is 0 Å². The summed E-state index contributed by atoms with van der Waals surface area (Å²) in [6, 6.07) is 10.2. The summed E-state index contributed by atoms with van der Waals surface area (Å²) >= 11 is 0. The number of rotatable bonds is 3. The highest BCUT2D eigenvalue weighted by molar-refractivity contribution is 6.02. The molecule has 1 aromatic heterocycles. The summed E-state index contributed by atoms with van der Waals surface area (Å²) in [6.07, 6.45) is 0.692. The van der Waals surface area contributed by atoms with Crippen LogP contribution in [0.2, 0.25) is 0 Å². The highest BCUT2D eigenvalue weighted by Crippen LogP contribution is 2.11. The van der Waals surface area contributed by atoms with Crippen LogP contribution in [-0.2, 0) is 6.42 Å². The molecule has 5 heteroatoms. The van der Waals surface area contributed by atoms with Crippen molar-refractivity contribution in [3.63, 3.8) is 0 Å². The van der Waals surface area contributed by atoms with Crippen molar-refractivity contribution in [3.05, 3.63) is 47.3 Å². The molecule has 1 aromatic carbocycles. The van der Waals surface area contributed by atoms with E-state index in [4.69, 9.17) is 9.78 Å². The van der Waals surface area contributed by atoms with Crippen molar-refractivity contribution >= 4 is 11.6 Å². The first-order chi connectivity index (χ1) is 8.72. The minimum Gasteiger partial charge on any atom is -0.361 e. The Hall–Kier alpha value is -2.61. The molecule has 0 radical (unpaired) electrons. The number of amides is 1. The molecule has 0 aliphatic carbocycles. The standard InChI is InChI=1S/C13H11N3O2/c1-2-11-7-12(16-18-11)13(17)15-10-5-3-9(8-14)4-6-10/h3-7H,2H2,1H3,(H,15,17). The van der Waals surface area contributed by atoms with Crippen molar-refractivity contribution in [1.82, 2.24) is 5.16 Å². The quantitative estimate of drug-likeness (QED) is 0.894. The monoisotopic (exact) mass is 241 g/mol. The Morgan fingerprint density at radius 3 is 2.72 bits per heavy atom. The van der Waals surface area contributed by atoms with Crippen LogP contribution in [0.5, 0.6) is 0 Å². The number of hydrogen-bond donors (Lipinski definition) is 1. The van der Waals surface area contributed by atoms with Gasteiger partial charge < -0.3 is 9.84 Å². The van der Waals surface area contributed by atoms with Crippen LogP contribution in [0.3, 0.4) is 0 Å². The first-order valence-electron chi connectivity index (χ1n) is 5.50. The average molecular weight is 241 g/mol. The Morgan fingerprint density at radius 1 is 1.44 bits per heavy atom. The number of aromatic nitrogens is 1. The van der Waals surface area contributed by atoms with Gasteiger partial charge in [-0.1, -0.05) is 12.1 Å². The molecule has 0 spiro atoms. The fourth-order valence-corrected chi connectivity index (χ4v) is 1.41. The van der Waals surface area contributed by atoms with Crippen LogP contribution in [0.25, 0.3) is 0 Å². The molecule has 0 unspecified atom stereocenters. The van der Waals surface area contributed by atoms with Gasteiger partial charge in [0.1, 0.15) is 5.76 Å². The van der Waals surface area contributed by atoms with Crippen molar-refractivity contribution in [3.8, 4) is 6.07 Å². The zero-order valence-corrected chi connectivity index (χ0v) is 9.80. The Kier molecular flexibility index (Phi) is 3.39. The summed E-state index contributed by atoms with van der Waals surface area (Å²) in [5.41, 5.74) is 1.40. The number of nitrogens with one attached hydrogen (secondary N) is 1. The number of carbonyl (C=O) groups is 1. The summed E-state index contributed by atoms with van der Waals surface area (Å²) < 4.78 is 4.96. The molecule has 5 nitrogen and oxygen atoms in total. The maximum atomic E-state index is 11.8. The topological polar surface area (TPSA) is 78.9 Å².